The molecule has 0 aliphatic heterocycles. The van der Waals surface area contributed by atoms with Gasteiger partial charge >= 0.3 is 0 Å². The van der Waals surface area contributed by atoms with Crippen molar-refractivity contribution >= 4 is 22.9 Å². The molecule has 0 aliphatic carbocycles. The third-order valence-corrected chi connectivity index (χ3v) is 4.26. The fourth-order valence-corrected chi connectivity index (χ4v) is 2.94. The Balaban J connectivity index is 2.03. The third kappa shape index (κ3) is 4.88. The average molecular weight is 343 g/mol. The predicted octanol–water partition coefficient (Wildman–Crippen LogP) is 2.70. The van der Waals surface area contributed by atoms with E-state index < -0.39 is 0 Å². The van der Waals surface area contributed by atoms with Crippen LogP contribution in [0, 0.1) is 0 Å². The van der Waals surface area contributed by atoms with Gasteiger partial charge in [-0.3, -0.25) is 0 Å². The van der Waals surface area contributed by atoms with Crippen LogP contribution in [-0.2, 0) is 17.9 Å². The number of halogens is 1. The van der Waals surface area contributed by atoms with Gasteiger partial charge in [-0.05, 0) is 23.6 Å². The second-order valence-corrected chi connectivity index (χ2v) is 6.19. The quantitative estimate of drug-likeness (QED) is 0.713. The lowest BCUT2D eigenvalue weighted by Gasteiger charge is -2.13. The molecule has 0 radical (unpaired) electrons. The van der Waals surface area contributed by atoms with Gasteiger partial charge in [-0.25, -0.2) is 0 Å². The summed E-state index contributed by atoms with van der Waals surface area (Å²) in [5, 5.41) is 4.77. The summed E-state index contributed by atoms with van der Waals surface area (Å²) in [6, 6.07) is 7.93. The number of thiophene rings is 1. The Morgan fingerprint density at radius 3 is 2.82 bits per heavy atom. The summed E-state index contributed by atoms with van der Waals surface area (Å²) >= 11 is 8.01. The second-order valence-electron chi connectivity index (χ2n) is 4.75. The first-order valence-corrected chi connectivity index (χ1v) is 8.32. The molecule has 0 spiro atoms. The van der Waals surface area contributed by atoms with Crippen LogP contribution < -0.4 is 14.8 Å². The largest absolute Gasteiger partial charge is 0.493 e. The Bertz CT molecular complexity index is 575. The van der Waals surface area contributed by atoms with E-state index >= 15 is 0 Å². The van der Waals surface area contributed by atoms with Crippen molar-refractivity contribution in [3.05, 3.63) is 45.1 Å². The van der Waals surface area contributed by atoms with Gasteiger partial charge in [0.25, 0.3) is 0 Å². The van der Waals surface area contributed by atoms with Gasteiger partial charge in [0.1, 0.15) is 13.2 Å². The van der Waals surface area contributed by atoms with Gasteiger partial charge in [-0.2, -0.15) is 0 Å². The number of quaternary nitrogens is 1. The summed E-state index contributed by atoms with van der Waals surface area (Å²) in [5.74, 6) is 1.26. The van der Waals surface area contributed by atoms with Gasteiger partial charge < -0.3 is 19.5 Å². The first-order valence-electron chi connectivity index (χ1n) is 7.06. The molecule has 0 saturated carbocycles. The molecule has 0 amide bonds. The molecule has 0 unspecified atom stereocenters. The lowest BCUT2D eigenvalue weighted by molar-refractivity contribution is -0.671. The normalized spacial score (nSPS) is 10.7. The van der Waals surface area contributed by atoms with Crippen molar-refractivity contribution in [2.45, 2.75) is 13.2 Å². The molecular formula is C16H21ClNO3S+. The number of methoxy groups -OCH3 is 2. The van der Waals surface area contributed by atoms with Gasteiger partial charge in [0, 0.05) is 17.6 Å². The van der Waals surface area contributed by atoms with Crippen molar-refractivity contribution in [2.75, 3.05) is 27.4 Å². The van der Waals surface area contributed by atoms with Crippen molar-refractivity contribution < 1.29 is 19.5 Å². The standard InChI is InChI=1S/C16H20ClNO3S/c1-19-6-5-18-10-12-8-14(17)16(15(9-12)20-2)21-11-13-4-3-7-22-13/h3-4,7-9,18H,5-6,10-11H2,1-2H3/p+1. The third-order valence-electron chi connectivity index (χ3n) is 3.13. The summed E-state index contributed by atoms with van der Waals surface area (Å²) in [4.78, 5) is 1.15. The van der Waals surface area contributed by atoms with E-state index in [0.717, 1.165) is 30.1 Å². The van der Waals surface area contributed by atoms with Crippen LogP contribution >= 0.6 is 22.9 Å². The minimum absolute atomic E-state index is 0.493. The molecule has 2 N–H and O–H groups in total. The van der Waals surface area contributed by atoms with E-state index in [9.17, 15) is 0 Å². The minimum atomic E-state index is 0.493. The van der Waals surface area contributed by atoms with Crippen molar-refractivity contribution in [1.29, 1.82) is 0 Å². The second kappa shape index (κ2) is 9.00. The Hall–Kier alpha value is -1.27. The van der Waals surface area contributed by atoms with Gasteiger partial charge in [0.2, 0.25) is 0 Å². The SMILES string of the molecule is COCC[NH2+]Cc1cc(Cl)c(OCc2cccs2)c(OC)c1. The summed E-state index contributed by atoms with van der Waals surface area (Å²) < 4.78 is 16.3. The lowest BCUT2D eigenvalue weighted by Crippen LogP contribution is -2.83. The first kappa shape index (κ1) is 17.1. The zero-order valence-corrected chi connectivity index (χ0v) is 14.4. The van der Waals surface area contributed by atoms with Gasteiger partial charge in [-0.15, -0.1) is 11.3 Å². The molecule has 0 bridgehead atoms. The molecule has 0 aliphatic rings. The highest BCUT2D eigenvalue weighted by molar-refractivity contribution is 7.09. The van der Waals surface area contributed by atoms with Gasteiger partial charge in [-0.1, -0.05) is 17.7 Å². The number of rotatable bonds is 9. The summed E-state index contributed by atoms with van der Waals surface area (Å²) in [7, 11) is 3.33. The molecule has 120 valence electrons. The smallest absolute Gasteiger partial charge is 0.180 e. The van der Waals surface area contributed by atoms with Crippen LogP contribution in [0.25, 0.3) is 0 Å². The zero-order chi connectivity index (χ0) is 15.8. The Morgan fingerprint density at radius 1 is 1.27 bits per heavy atom. The molecule has 0 atom stereocenters. The van der Waals surface area contributed by atoms with Crippen LogP contribution in [0.15, 0.2) is 29.6 Å². The minimum Gasteiger partial charge on any atom is -0.493 e. The molecule has 2 rings (SSSR count). The highest BCUT2D eigenvalue weighted by Gasteiger charge is 2.13. The van der Waals surface area contributed by atoms with Gasteiger partial charge in [0.15, 0.2) is 11.5 Å². The van der Waals surface area contributed by atoms with E-state index in [1.165, 1.54) is 0 Å². The van der Waals surface area contributed by atoms with Crippen molar-refractivity contribution in [1.82, 2.24) is 0 Å². The van der Waals surface area contributed by atoms with Crippen LogP contribution in [0.5, 0.6) is 11.5 Å². The molecule has 1 aromatic heterocycles. The number of ether oxygens (including phenoxy) is 3. The lowest BCUT2D eigenvalue weighted by atomic mass is 10.2. The molecule has 0 fully saturated rings. The number of hydrogen-bond acceptors (Lipinski definition) is 4. The fraction of sp³-hybridized carbons (Fsp3) is 0.375. The van der Waals surface area contributed by atoms with Crippen LogP contribution in [0.4, 0.5) is 0 Å². The number of benzene rings is 1. The molecular weight excluding hydrogens is 322 g/mol. The van der Waals surface area contributed by atoms with Crippen LogP contribution in [0.1, 0.15) is 10.4 Å². The topological polar surface area (TPSA) is 44.3 Å². The summed E-state index contributed by atoms with van der Waals surface area (Å²) in [6.45, 7) is 2.96. The van der Waals surface area contributed by atoms with E-state index in [1.807, 2.05) is 29.6 Å². The van der Waals surface area contributed by atoms with E-state index in [4.69, 9.17) is 25.8 Å². The maximum atomic E-state index is 6.35. The van der Waals surface area contributed by atoms with E-state index in [2.05, 4.69) is 5.32 Å². The van der Waals surface area contributed by atoms with Crippen molar-refractivity contribution in [3.8, 4) is 11.5 Å². The van der Waals surface area contributed by atoms with E-state index in [-0.39, 0.29) is 0 Å². The van der Waals surface area contributed by atoms with E-state index in [1.54, 1.807) is 25.6 Å². The average Bonchev–Trinajstić information content (AvgIpc) is 3.03. The molecule has 4 nitrogen and oxygen atoms in total. The van der Waals surface area contributed by atoms with Crippen LogP contribution in [-0.4, -0.2) is 27.4 Å². The zero-order valence-electron chi connectivity index (χ0n) is 12.8. The maximum Gasteiger partial charge on any atom is 0.180 e. The van der Waals surface area contributed by atoms with Crippen LogP contribution in [0.3, 0.4) is 0 Å². The number of hydrogen-bond donors (Lipinski definition) is 1. The predicted molar refractivity (Wildman–Crippen MR) is 89.0 cm³/mol. The maximum absolute atomic E-state index is 6.35. The monoisotopic (exact) mass is 342 g/mol. The molecule has 22 heavy (non-hydrogen) atoms. The van der Waals surface area contributed by atoms with Crippen LogP contribution in [0.2, 0.25) is 5.02 Å². The van der Waals surface area contributed by atoms with E-state index in [0.29, 0.717) is 23.1 Å². The highest BCUT2D eigenvalue weighted by atomic mass is 35.5. The Kier molecular flexibility index (Phi) is 6.99. The van der Waals surface area contributed by atoms with Crippen molar-refractivity contribution in [3.63, 3.8) is 0 Å². The molecule has 6 heteroatoms. The summed E-state index contributed by atoms with van der Waals surface area (Å²) in [6.07, 6.45) is 0. The molecule has 1 aromatic carbocycles. The van der Waals surface area contributed by atoms with Crippen molar-refractivity contribution in [2.24, 2.45) is 0 Å². The highest BCUT2D eigenvalue weighted by Crippen LogP contribution is 2.37. The summed E-state index contributed by atoms with van der Waals surface area (Å²) in [5.41, 5.74) is 1.10. The fourth-order valence-electron chi connectivity index (χ4n) is 2.04. The number of nitrogens with two attached hydrogens (primary N) is 1. The molecule has 2 aromatic rings. The molecule has 0 saturated heterocycles. The molecule has 1 heterocycles. The Labute approximate surface area is 140 Å². The Morgan fingerprint density at radius 2 is 2.14 bits per heavy atom. The first-order chi connectivity index (χ1) is 10.7. The van der Waals surface area contributed by atoms with Gasteiger partial charge in [0.05, 0.1) is 25.3 Å².